The summed E-state index contributed by atoms with van der Waals surface area (Å²) in [4.78, 5) is 36.6. The Bertz CT molecular complexity index is 1290. The van der Waals surface area contributed by atoms with Crippen LogP contribution in [-0.2, 0) is 14.3 Å². The summed E-state index contributed by atoms with van der Waals surface area (Å²) in [6, 6.07) is 5.34. The number of carboxylic acids is 1. The topological polar surface area (TPSA) is 131 Å². The number of nitrogens with one attached hydrogen (secondary N) is 2. The Morgan fingerprint density at radius 2 is 1.87 bits per heavy atom. The first-order chi connectivity index (χ1) is 18.4. The number of imidazole rings is 1. The van der Waals surface area contributed by atoms with Crippen molar-refractivity contribution in [3.8, 4) is 0 Å². The van der Waals surface area contributed by atoms with Crippen molar-refractivity contribution in [3.63, 3.8) is 0 Å². The maximum absolute atomic E-state index is 14.6. The number of ether oxygens (including phenoxy) is 1. The fraction of sp³-hybridized carbons (Fsp3) is 0.519. The van der Waals surface area contributed by atoms with E-state index in [2.05, 4.69) is 20.2 Å². The zero-order valence-electron chi connectivity index (χ0n) is 21.5. The maximum Gasteiger partial charge on any atom is 0.306 e. The largest absolute Gasteiger partial charge is 0.481 e. The molecule has 0 spiro atoms. The molecule has 0 unspecified atom stereocenters. The van der Waals surface area contributed by atoms with Crippen molar-refractivity contribution in [2.45, 2.75) is 89.3 Å². The zero-order chi connectivity index (χ0) is 26.6. The van der Waals surface area contributed by atoms with Crippen LogP contribution in [0.25, 0.3) is 11.2 Å². The number of aromatic nitrogens is 4. The molecule has 2 saturated carbocycles. The summed E-state index contributed by atoms with van der Waals surface area (Å²) in [7, 11) is 0. The van der Waals surface area contributed by atoms with Crippen molar-refractivity contribution in [3.05, 3.63) is 35.8 Å². The lowest BCUT2D eigenvalue weighted by molar-refractivity contribution is -0.153. The van der Waals surface area contributed by atoms with E-state index in [1.165, 1.54) is 6.07 Å². The van der Waals surface area contributed by atoms with Gasteiger partial charge in [-0.25, -0.2) is 14.4 Å². The Morgan fingerprint density at radius 1 is 1.11 bits per heavy atom. The van der Waals surface area contributed by atoms with Crippen LogP contribution in [0.1, 0.15) is 75.8 Å². The number of aryl methyl sites for hydroxylation is 1. The molecule has 2 heterocycles. The summed E-state index contributed by atoms with van der Waals surface area (Å²) >= 11 is 0. The number of hydrogen-bond donors (Lipinski definition) is 3. The highest BCUT2D eigenvalue weighted by Gasteiger charge is 2.27. The van der Waals surface area contributed by atoms with Gasteiger partial charge >= 0.3 is 11.9 Å². The molecular weight excluding hydrogens is 491 g/mol. The molecule has 38 heavy (non-hydrogen) atoms. The number of esters is 1. The molecule has 3 N–H and O–H groups in total. The van der Waals surface area contributed by atoms with Crippen LogP contribution in [0.2, 0.25) is 0 Å². The first-order valence-electron chi connectivity index (χ1n) is 13.3. The fourth-order valence-corrected chi connectivity index (χ4v) is 5.42. The smallest absolute Gasteiger partial charge is 0.306 e. The van der Waals surface area contributed by atoms with Crippen molar-refractivity contribution in [1.29, 1.82) is 0 Å². The summed E-state index contributed by atoms with van der Waals surface area (Å²) in [5, 5.41) is 15.4. The lowest BCUT2D eigenvalue weighted by atomic mass is 9.93. The fourth-order valence-electron chi connectivity index (χ4n) is 5.42. The number of anilines is 3. The molecule has 0 aliphatic heterocycles. The van der Waals surface area contributed by atoms with Gasteiger partial charge in [-0.3, -0.25) is 14.2 Å². The van der Waals surface area contributed by atoms with E-state index in [4.69, 9.17) is 19.8 Å². The lowest BCUT2D eigenvalue weighted by Crippen LogP contribution is -2.31. The molecule has 2 aromatic heterocycles. The number of rotatable bonds is 9. The zero-order valence-corrected chi connectivity index (χ0v) is 21.5. The van der Waals surface area contributed by atoms with Crippen molar-refractivity contribution in [2.75, 3.05) is 10.6 Å². The first-order valence-corrected chi connectivity index (χ1v) is 13.3. The van der Waals surface area contributed by atoms with Crippen molar-refractivity contribution < 1.29 is 23.8 Å². The number of hydrogen-bond acceptors (Lipinski definition) is 8. The molecule has 10 nitrogen and oxygen atoms in total. The SMILES string of the molecule is Cc1cccc(F)c1Nc1nc2cnc(NC3CCC(OC(=O)CCC(=O)O)CC3)nc2n1C1CCCC1. The number of para-hydroxylation sites is 1. The van der Waals surface area contributed by atoms with E-state index in [1.807, 2.05) is 13.0 Å². The van der Waals surface area contributed by atoms with Gasteiger partial charge in [0, 0.05) is 12.1 Å². The highest BCUT2D eigenvalue weighted by atomic mass is 19.1. The normalized spacial score (nSPS) is 19.9. The van der Waals surface area contributed by atoms with Gasteiger partial charge in [0.2, 0.25) is 11.9 Å². The van der Waals surface area contributed by atoms with E-state index in [0.29, 0.717) is 41.6 Å². The third kappa shape index (κ3) is 5.87. The number of carbonyl (C=O) groups excluding carboxylic acids is 1. The average Bonchev–Trinajstić information content (AvgIpc) is 3.53. The van der Waals surface area contributed by atoms with Crippen molar-refractivity contribution in [2.24, 2.45) is 0 Å². The standard InChI is InChI=1S/C27H33FN6O4/c1-16-5-4-8-20(28)24(16)32-27-31-21-15-29-26(33-25(21)34(27)18-6-2-3-7-18)30-17-9-11-19(12-10-17)38-23(37)14-13-22(35)36/h4-5,8,15,17-19H,2-3,6-7,9-14H2,1H3,(H,31,32)(H,35,36)(H,29,30,33). The molecule has 2 aliphatic carbocycles. The molecule has 2 fully saturated rings. The minimum absolute atomic E-state index is 0.108. The number of carboxylic acid groups (broad SMARTS) is 1. The van der Waals surface area contributed by atoms with Gasteiger partial charge in [-0.2, -0.15) is 4.98 Å². The van der Waals surface area contributed by atoms with E-state index in [1.54, 1.807) is 12.3 Å². The van der Waals surface area contributed by atoms with Gasteiger partial charge in [-0.05, 0) is 57.1 Å². The predicted octanol–water partition coefficient (Wildman–Crippen LogP) is 5.26. The minimum atomic E-state index is -1.01. The van der Waals surface area contributed by atoms with Crippen LogP contribution in [0, 0.1) is 12.7 Å². The van der Waals surface area contributed by atoms with E-state index in [0.717, 1.165) is 44.1 Å². The Labute approximate surface area is 220 Å². The van der Waals surface area contributed by atoms with Gasteiger partial charge in [-0.15, -0.1) is 0 Å². The Balaban J connectivity index is 1.30. The Morgan fingerprint density at radius 3 is 2.58 bits per heavy atom. The third-order valence-corrected chi connectivity index (χ3v) is 7.43. The van der Waals surface area contributed by atoms with E-state index < -0.39 is 11.9 Å². The van der Waals surface area contributed by atoms with Crippen molar-refractivity contribution in [1.82, 2.24) is 19.5 Å². The molecule has 0 amide bonds. The summed E-state index contributed by atoms with van der Waals surface area (Å²) in [5.41, 5.74) is 2.57. The van der Waals surface area contributed by atoms with Crippen LogP contribution in [0.5, 0.6) is 0 Å². The van der Waals surface area contributed by atoms with Crippen LogP contribution in [0.3, 0.4) is 0 Å². The quantitative estimate of drug-likeness (QED) is 0.321. The number of benzene rings is 1. The summed E-state index contributed by atoms with van der Waals surface area (Å²) in [6.07, 6.45) is 8.39. The highest BCUT2D eigenvalue weighted by molar-refractivity contribution is 5.77. The van der Waals surface area contributed by atoms with E-state index in [9.17, 15) is 14.0 Å². The monoisotopic (exact) mass is 524 g/mol. The minimum Gasteiger partial charge on any atom is -0.481 e. The second-order valence-electron chi connectivity index (χ2n) is 10.2. The van der Waals surface area contributed by atoms with Crippen LogP contribution < -0.4 is 10.6 Å². The number of nitrogens with zero attached hydrogens (tertiary/aromatic N) is 4. The maximum atomic E-state index is 14.6. The molecule has 0 bridgehead atoms. The molecule has 202 valence electrons. The van der Waals surface area contributed by atoms with Gasteiger partial charge < -0.3 is 20.5 Å². The third-order valence-electron chi connectivity index (χ3n) is 7.43. The lowest BCUT2D eigenvalue weighted by Gasteiger charge is -2.28. The van der Waals surface area contributed by atoms with Crippen LogP contribution >= 0.6 is 0 Å². The van der Waals surface area contributed by atoms with Crippen LogP contribution in [0.4, 0.5) is 22.0 Å². The van der Waals surface area contributed by atoms with Crippen LogP contribution in [-0.4, -0.2) is 48.7 Å². The van der Waals surface area contributed by atoms with E-state index in [-0.39, 0.29) is 36.8 Å². The van der Waals surface area contributed by atoms with Gasteiger partial charge in [0.15, 0.2) is 5.65 Å². The number of fused-ring (bicyclic) bond motifs is 1. The summed E-state index contributed by atoms with van der Waals surface area (Å²) in [6.45, 7) is 1.86. The molecule has 0 saturated heterocycles. The Hall–Kier alpha value is -3.76. The molecule has 0 radical (unpaired) electrons. The molecule has 3 aromatic rings. The second-order valence-corrected chi connectivity index (χ2v) is 10.2. The Kier molecular flexibility index (Phi) is 7.71. The number of carbonyl (C=O) groups is 2. The molecule has 0 atom stereocenters. The number of aliphatic carboxylic acids is 1. The molecular formula is C27H33FN6O4. The molecule has 11 heteroatoms. The van der Waals surface area contributed by atoms with Gasteiger partial charge in [-0.1, -0.05) is 25.0 Å². The average molecular weight is 525 g/mol. The molecule has 2 aliphatic rings. The van der Waals surface area contributed by atoms with Gasteiger partial charge in [0.1, 0.15) is 17.4 Å². The predicted molar refractivity (Wildman–Crippen MR) is 140 cm³/mol. The van der Waals surface area contributed by atoms with Gasteiger partial charge in [0.05, 0.1) is 24.7 Å². The summed E-state index contributed by atoms with van der Waals surface area (Å²) < 4.78 is 22.1. The highest BCUT2D eigenvalue weighted by Crippen LogP contribution is 2.36. The van der Waals surface area contributed by atoms with Crippen molar-refractivity contribution >= 4 is 40.7 Å². The first kappa shape index (κ1) is 25.9. The summed E-state index contributed by atoms with van der Waals surface area (Å²) in [5.74, 6) is -0.727. The molecule has 1 aromatic carbocycles. The van der Waals surface area contributed by atoms with E-state index >= 15 is 0 Å². The van der Waals surface area contributed by atoms with Gasteiger partial charge in [0.25, 0.3) is 0 Å². The molecule has 5 rings (SSSR count). The second kappa shape index (κ2) is 11.3. The number of halogens is 1. The van der Waals surface area contributed by atoms with Crippen LogP contribution in [0.15, 0.2) is 24.4 Å².